The van der Waals surface area contributed by atoms with Gasteiger partial charge in [0.05, 0.1) is 30.7 Å². The van der Waals surface area contributed by atoms with Crippen molar-refractivity contribution in [1.29, 1.82) is 0 Å². The number of rotatable bonds is 5. The molecule has 1 heterocycles. The standard InChI is InChI=1S/C15H24O3/c1-2-16-12-4-6-13(7-5-12)17-10-11-3-8-14-15(9-11)18-14/h2,11-15H,1,3-10H2. The van der Waals surface area contributed by atoms with Gasteiger partial charge >= 0.3 is 0 Å². The summed E-state index contributed by atoms with van der Waals surface area (Å²) in [5.74, 6) is 0.732. The zero-order valence-electron chi connectivity index (χ0n) is 11.1. The smallest absolute Gasteiger partial charge is 0.0980 e. The van der Waals surface area contributed by atoms with Gasteiger partial charge in [0.25, 0.3) is 0 Å². The minimum Gasteiger partial charge on any atom is -0.499 e. The Morgan fingerprint density at radius 2 is 1.78 bits per heavy atom. The summed E-state index contributed by atoms with van der Waals surface area (Å²) in [5, 5.41) is 0. The van der Waals surface area contributed by atoms with Crippen molar-refractivity contribution >= 4 is 0 Å². The van der Waals surface area contributed by atoms with Crippen molar-refractivity contribution in [2.45, 2.75) is 69.4 Å². The van der Waals surface area contributed by atoms with E-state index in [1.54, 1.807) is 6.26 Å². The summed E-state index contributed by atoms with van der Waals surface area (Å²) in [4.78, 5) is 0. The minimum atomic E-state index is 0.373. The maximum atomic E-state index is 6.08. The molecule has 0 aromatic heterocycles. The second-order valence-corrected chi connectivity index (χ2v) is 5.93. The van der Waals surface area contributed by atoms with E-state index in [9.17, 15) is 0 Å². The van der Waals surface area contributed by atoms with Crippen LogP contribution in [0, 0.1) is 5.92 Å². The third-order valence-electron chi connectivity index (χ3n) is 4.59. The monoisotopic (exact) mass is 252 g/mol. The van der Waals surface area contributed by atoms with Crippen molar-refractivity contribution in [1.82, 2.24) is 0 Å². The normalized spacial score (nSPS) is 43.0. The Kier molecular flexibility index (Phi) is 3.90. The summed E-state index contributed by atoms with van der Waals surface area (Å²) < 4.78 is 17.1. The molecule has 1 saturated heterocycles. The molecule has 0 amide bonds. The average Bonchev–Trinajstić information content (AvgIpc) is 3.17. The summed E-state index contributed by atoms with van der Waals surface area (Å²) in [6.07, 6.45) is 11.8. The predicted molar refractivity (Wildman–Crippen MR) is 69.3 cm³/mol. The Labute approximate surface area is 109 Å². The molecule has 2 aliphatic carbocycles. The van der Waals surface area contributed by atoms with Crippen molar-refractivity contribution in [3.63, 3.8) is 0 Å². The van der Waals surface area contributed by atoms with Gasteiger partial charge in [0, 0.05) is 6.61 Å². The van der Waals surface area contributed by atoms with Crippen molar-refractivity contribution in [3.05, 3.63) is 12.8 Å². The highest BCUT2D eigenvalue weighted by atomic mass is 16.6. The fourth-order valence-electron chi connectivity index (χ4n) is 3.38. The molecule has 102 valence electrons. The van der Waals surface area contributed by atoms with Crippen LogP contribution in [0.5, 0.6) is 0 Å². The Hall–Kier alpha value is -0.540. The van der Waals surface area contributed by atoms with Gasteiger partial charge in [0.15, 0.2) is 0 Å². The fourth-order valence-corrected chi connectivity index (χ4v) is 3.38. The van der Waals surface area contributed by atoms with Gasteiger partial charge in [-0.2, -0.15) is 0 Å². The summed E-state index contributed by atoms with van der Waals surface area (Å²) in [5.41, 5.74) is 0. The van der Waals surface area contributed by atoms with Crippen molar-refractivity contribution < 1.29 is 14.2 Å². The summed E-state index contributed by atoms with van der Waals surface area (Å²) in [7, 11) is 0. The van der Waals surface area contributed by atoms with Gasteiger partial charge in [0.2, 0.25) is 0 Å². The van der Waals surface area contributed by atoms with Gasteiger partial charge < -0.3 is 14.2 Å². The minimum absolute atomic E-state index is 0.373. The molecular weight excluding hydrogens is 228 g/mol. The molecule has 3 nitrogen and oxygen atoms in total. The molecule has 3 heteroatoms. The van der Waals surface area contributed by atoms with E-state index in [-0.39, 0.29) is 0 Å². The lowest BCUT2D eigenvalue weighted by Gasteiger charge is -2.29. The Morgan fingerprint density at radius 3 is 2.50 bits per heavy atom. The molecule has 3 unspecified atom stereocenters. The molecule has 0 aromatic carbocycles. The quantitative estimate of drug-likeness (QED) is 0.556. The molecule has 0 N–H and O–H groups in total. The van der Waals surface area contributed by atoms with Gasteiger partial charge in [-0.1, -0.05) is 6.58 Å². The predicted octanol–water partition coefficient (Wildman–Crippen LogP) is 3.04. The molecule has 0 radical (unpaired) electrons. The van der Waals surface area contributed by atoms with E-state index >= 15 is 0 Å². The highest BCUT2D eigenvalue weighted by molar-refractivity contribution is 4.91. The van der Waals surface area contributed by atoms with E-state index in [0.717, 1.165) is 38.2 Å². The van der Waals surface area contributed by atoms with Crippen molar-refractivity contribution in [2.24, 2.45) is 5.92 Å². The molecular formula is C15H24O3. The molecule has 1 aliphatic heterocycles. The van der Waals surface area contributed by atoms with Crippen LogP contribution in [0.1, 0.15) is 44.9 Å². The molecule has 3 aliphatic rings. The SMILES string of the molecule is C=COC1CCC(OCC2CCC3OC3C2)CC1. The fraction of sp³-hybridized carbons (Fsp3) is 0.867. The van der Waals surface area contributed by atoms with E-state index in [4.69, 9.17) is 14.2 Å². The number of epoxide rings is 1. The van der Waals surface area contributed by atoms with Crippen LogP contribution >= 0.6 is 0 Å². The number of hydrogen-bond donors (Lipinski definition) is 0. The summed E-state index contributed by atoms with van der Waals surface area (Å²) >= 11 is 0. The van der Waals surface area contributed by atoms with Crippen LogP contribution in [0.25, 0.3) is 0 Å². The average molecular weight is 252 g/mol. The molecule has 18 heavy (non-hydrogen) atoms. The van der Waals surface area contributed by atoms with Crippen LogP contribution in [0.15, 0.2) is 12.8 Å². The van der Waals surface area contributed by atoms with Gasteiger partial charge in [-0.15, -0.1) is 0 Å². The second-order valence-electron chi connectivity index (χ2n) is 5.93. The van der Waals surface area contributed by atoms with E-state index in [2.05, 4.69) is 6.58 Å². The zero-order valence-corrected chi connectivity index (χ0v) is 11.1. The first kappa shape index (κ1) is 12.5. The topological polar surface area (TPSA) is 31.0 Å². The number of hydrogen-bond acceptors (Lipinski definition) is 3. The third-order valence-corrected chi connectivity index (χ3v) is 4.59. The third kappa shape index (κ3) is 3.07. The van der Waals surface area contributed by atoms with Crippen molar-refractivity contribution in [2.75, 3.05) is 6.61 Å². The molecule has 0 aromatic rings. The van der Waals surface area contributed by atoms with E-state index in [1.165, 1.54) is 19.3 Å². The number of ether oxygens (including phenoxy) is 3. The highest BCUT2D eigenvalue weighted by Gasteiger charge is 2.43. The van der Waals surface area contributed by atoms with Crippen LogP contribution in [0.2, 0.25) is 0 Å². The van der Waals surface area contributed by atoms with Gasteiger partial charge in [-0.05, 0) is 50.9 Å². The van der Waals surface area contributed by atoms with Crippen LogP contribution in [0.3, 0.4) is 0 Å². The maximum Gasteiger partial charge on any atom is 0.0980 e. The van der Waals surface area contributed by atoms with Crippen LogP contribution in [0.4, 0.5) is 0 Å². The summed E-state index contributed by atoms with van der Waals surface area (Å²) in [6.45, 7) is 4.55. The van der Waals surface area contributed by atoms with Gasteiger partial charge in [-0.3, -0.25) is 0 Å². The molecule has 3 atom stereocenters. The lowest BCUT2D eigenvalue weighted by Crippen LogP contribution is -2.28. The molecule has 3 fully saturated rings. The molecule has 0 bridgehead atoms. The van der Waals surface area contributed by atoms with Crippen LogP contribution < -0.4 is 0 Å². The first-order chi connectivity index (χ1) is 8.85. The Balaban J connectivity index is 1.33. The highest BCUT2D eigenvalue weighted by Crippen LogP contribution is 2.39. The van der Waals surface area contributed by atoms with E-state index < -0.39 is 0 Å². The van der Waals surface area contributed by atoms with Crippen molar-refractivity contribution in [3.8, 4) is 0 Å². The van der Waals surface area contributed by atoms with Gasteiger partial charge in [0.1, 0.15) is 0 Å². The largest absolute Gasteiger partial charge is 0.499 e. The first-order valence-electron chi connectivity index (χ1n) is 7.38. The molecule has 3 rings (SSSR count). The van der Waals surface area contributed by atoms with Crippen LogP contribution in [-0.2, 0) is 14.2 Å². The Bertz CT molecular complexity index is 283. The molecule has 2 saturated carbocycles. The molecule has 0 spiro atoms. The lowest BCUT2D eigenvalue weighted by atomic mass is 9.89. The van der Waals surface area contributed by atoms with Crippen LogP contribution in [-0.4, -0.2) is 31.0 Å². The van der Waals surface area contributed by atoms with E-state index in [1.807, 2.05) is 0 Å². The maximum absolute atomic E-state index is 6.08. The number of fused-ring (bicyclic) bond motifs is 1. The second kappa shape index (κ2) is 5.62. The Morgan fingerprint density at radius 1 is 1.00 bits per heavy atom. The lowest BCUT2D eigenvalue weighted by molar-refractivity contribution is -0.0237. The van der Waals surface area contributed by atoms with Gasteiger partial charge in [-0.25, -0.2) is 0 Å². The van der Waals surface area contributed by atoms with E-state index in [0.29, 0.717) is 24.4 Å². The first-order valence-corrected chi connectivity index (χ1v) is 7.38. The zero-order chi connectivity index (χ0) is 12.4. The summed E-state index contributed by atoms with van der Waals surface area (Å²) in [6, 6.07) is 0.